The predicted octanol–water partition coefficient (Wildman–Crippen LogP) is 1.88. The number of nitrogens with one attached hydrogen (secondary N) is 1. The summed E-state index contributed by atoms with van der Waals surface area (Å²) in [5.74, 6) is -0.311. The fraction of sp³-hybridized carbons (Fsp3) is 0.500. The normalized spacial score (nSPS) is 15.9. The van der Waals surface area contributed by atoms with Gasteiger partial charge in [0.2, 0.25) is 0 Å². The van der Waals surface area contributed by atoms with Crippen LogP contribution in [-0.4, -0.2) is 26.7 Å². The summed E-state index contributed by atoms with van der Waals surface area (Å²) in [6.45, 7) is 1.08. The van der Waals surface area contributed by atoms with Crippen LogP contribution in [0.15, 0.2) is 18.2 Å². The van der Waals surface area contributed by atoms with E-state index in [1.165, 1.54) is 20.3 Å². The van der Waals surface area contributed by atoms with Crippen LogP contribution in [0.25, 0.3) is 0 Å². The Hall–Kier alpha value is -1.62. The largest absolute Gasteiger partial charge is 0.494 e. The first-order chi connectivity index (χ1) is 9.11. The fourth-order valence-corrected chi connectivity index (χ4v) is 2.09. The average Bonchev–Trinajstić information content (AvgIpc) is 3.19. The van der Waals surface area contributed by atoms with Gasteiger partial charge in [0.05, 0.1) is 19.6 Å². The summed E-state index contributed by atoms with van der Waals surface area (Å²) >= 11 is 0. The minimum atomic E-state index is -0.379. The van der Waals surface area contributed by atoms with Crippen LogP contribution < -0.4 is 10.1 Å². The van der Waals surface area contributed by atoms with E-state index in [0.717, 1.165) is 18.4 Å². The number of esters is 1. The molecule has 2 rings (SSSR count). The minimum Gasteiger partial charge on any atom is -0.494 e. The number of halogens is 1. The molecule has 104 valence electrons. The highest BCUT2D eigenvalue weighted by Crippen LogP contribution is 2.46. The Bertz CT molecular complexity index is 472. The van der Waals surface area contributed by atoms with Crippen molar-refractivity contribution < 1.29 is 18.7 Å². The monoisotopic (exact) mass is 267 g/mol. The molecule has 1 aromatic carbocycles. The highest BCUT2D eigenvalue weighted by Gasteiger charge is 2.50. The van der Waals surface area contributed by atoms with Gasteiger partial charge >= 0.3 is 5.97 Å². The summed E-state index contributed by atoms with van der Waals surface area (Å²) in [5.41, 5.74) is 0.457. The Kier molecular flexibility index (Phi) is 4.04. The quantitative estimate of drug-likeness (QED) is 0.799. The van der Waals surface area contributed by atoms with Gasteiger partial charge in [-0.25, -0.2) is 4.39 Å². The van der Waals surface area contributed by atoms with Crippen LogP contribution in [0, 0.1) is 11.2 Å². The second-order valence-electron chi connectivity index (χ2n) is 4.84. The van der Waals surface area contributed by atoms with Crippen molar-refractivity contribution in [2.24, 2.45) is 5.41 Å². The number of hydrogen-bond donors (Lipinski definition) is 1. The van der Waals surface area contributed by atoms with Crippen LogP contribution in [0.4, 0.5) is 4.39 Å². The van der Waals surface area contributed by atoms with Crippen molar-refractivity contribution in [1.29, 1.82) is 0 Å². The van der Waals surface area contributed by atoms with E-state index in [0.29, 0.717) is 13.1 Å². The van der Waals surface area contributed by atoms with E-state index in [1.54, 1.807) is 12.1 Å². The maximum Gasteiger partial charge on any atom is 0.313 e. The third kappa shape index (κ3) is 3.04. The molecule has 4 nitrogen and oxygen atoms in total. The first-order valence-electron chi connectivity index (χ1n) is 6.23. The summed E-state index contributed by atoms with van der Waals surface area (Å²) in [6.07, 6.45) is 1.70. The lowest BCUT2D eigenvalue weighted by molar-refractivity contribution is -0.146. The zero-order valence-electron chi connectivity index (χ0n) is 11.2. The maximum atomic E-state index is 13.5. The molecular weight excluding hydrogens is 249 g/mol. The van der Waals surface area contributed by atoms with Crippen LogP contribution >= 0.6 is 0 Å². The molecule has 0 spiro atoms. The molecule has 0 amide bonds. The number of hydrogen-bond acceptors (Lipinski definition) is 4. The van der Waals surface area contributed by atoms with Gasteiger partial charge in [-0.2, -0.15) is 0 Å². The van der Waals surface area contributed by atoms with Gasteiger partial charge in [-0.15, -0.1) is 0 Å². The zero-order chi connectivity index (χ0) is 13.9. The van der Waals surface area contributed by atoms with Gasteiger partial charge in [0, 0.05) is 13.1 Å². The maximum absolute atomic E-state index is 13.5. The molecule has 1 aliphatic carbocycles. The van der Waals surface area contributed by atoms with Crippen LogP contribution in [-0.2, 0) is 16.1 Å². The lowest BCUT2D eigenvalue weighted by Gasteiger charge is -2.13. The molecule has 19 heavy (non-hydrogen) atoms. The molecule has 0 radical (unpaired) electrons. The van der Waals surface area contributed by atoms with Crippen molar-refractivity contribution in [2.45, 2.75) is 19.4 Å². The number of carbonyl (C=O) groups excluding carboxylic acids is 1. The summed E-state index contributed by atoms with van der Waals surface area (Å²) in [7, 11) is 2.84. The summed E-state index contributed by atoms with van der Waals surface area (Å²) in [5, 5.41) is 3.18. The van der Waals surface area contributed by atoms with Gasteiger partial charge in [0.25, 0.3) is 0 Å². The van der Waals surface area contributed by atoms with Gasteiger partial charge in [-0.3, -0.25) is 4.79 Å². The minimum absolute atomic E-state index is 0.166. The smallest absolute Gasteiger partial charge is 0.313 e. The van der Waals surface area contributed by atoms with Crippen molar-refractivity contribution >= 4 is 5.97 Å². The fourth-order valence-electron chi connectivity index (χ4n) is 2.09. The Morgan fingerprint density at radius 2 is 2.16 bits per heavy atom. The van der Waals surface area contributed by atoms with Crippen molar-refractivity contribution in [1.82, 2.24) is 5.32 Å². The van der Waals surface area contributed by atoms with E-state index >= 15 is 0 Å². The van der Waals surface area contributed by atoms with Crippen molar-refractivity contribution in [3.63, 3.8) is 0 Å². The molecule has 1 saturated carbocycles. The number of methoxy groups -OCH3 is 2. The molecule has 0 aliphatic heterocycles. The lowest BCUT2D eigenvalue weighted by Crippen LogP contribution is -2.30. The molecular formula is C14H18FNO3. The molecule has 0 atom stereocenters. The van der Waals surface area contributed by atoms with Crippen LogP contribution in [0.1, 0.15) is 18.4 Å². The Morgan fingerprint density at radius 1 is 1.42 bits per heavy atom. The molecule has 0 heterocycles. The topological polar surface area (TPSA) is 47.6 Å². The molecule has 1 aliphatic rings. The Labute approximate surface area is 111 Å². The van der Waals surface area contributed by atoms with E-state index in [-0.39, 0.29) is 23.0 Å². The predicted molar refractivity (Wildman–Crippen MR) is 68.3 cm³/mol. The van der Waals surface area contributed by atoms with E-state index in [1.807, 2.05) is 0 Å². The molecule has 0 unspecified atom stereocenters. The molecule has 5 heteroatoms. The zero-order valence-corrected chi connectivity index (χ0v) is 11.2. The molecule has 0 saturated heterocycles. The highest BCUT2D eigenvalue weighted by atomic mass is 19.1. The molecule has 1 N–H and O–H groups in total. The molecule has 1 aromatic rings. The second kappa shape index (κ2) is 5.57. The van der Waals surface area contributed by atoms with Crippen LogP contribution in [0.2, 0.25) is 0 Å². The van der Waals surface area contributed by atoms with Crippen LogP contribution in [0.3, 0.4) is 0 Å². The lowest BCUT2D eigenvalue weighted by atomic mass is 10.1. The van der Waals surface area contributed by atoms with Crippen molar-refractivity contribution in [3.8, 4) is 5.75 Å². The van der Waals surface area contributed by atoms with E-state index < -0.39 is 0 Å². The standard InChI is InChI=1S/C14H18FNO3/c1-18-12-4-3-10(7-11(12)15)8-16-9-14(5-6-14)13(17)19-2/h3-4,7,16H,5-6,8-9H2,1-2H3. The first-order valence-corrected chi connectivity index (χ1v) is 6.23. The van der Waals surface area contributed by atoms with Gasteiger partial charge in [0.15, 0.2) is 11.6 Å². The van der Waals surface area contributed by atoms with E-state index in [4.69, 9.17) is 9.47 Å². The average molecular weight is 267 g/mol. The molecule has 0 aromatic heterocycles. The number of ether oxygens (including phenoxy) is 2. The first kappa shape index (κ1) is 13.8. The Morgan fingerprint density at radius 3 is 2.68 bits per heavy atom. The Balaban J connectivity index is 1.86. The van der Waals surface area contributed by atoms with Crippen molar-refractivity contribution in [2.75, 3.05) is 20.8 Å². The highest BCUT2D eigenvalue weighted by molar-refractivity contribution is 5.80. The van der Waals surface area contributed by atoms with Gasteiger partial charge in [0.1, 0.15) is 0 Å². The van der Waals surface area contributed by atoms with Crippen molar-refractivity contribution in [3.05, 3.63) is 29.6 Å². The summed E-state index contributed by atoms with van der Waals surface area (Å²) in [4.78, 5) is 11.5. The van der Waals surface area contributed by atoms with Gasteiger partial charge < -0.3 is 14.8 Å². The third-order valence-electron chi connectivity index (χ3n) is 3.48. The SMILES string of the molecule is COC(=O)C1(CNCc2ccc(OC)c(F)c2)CC1. The van der Waals surface area contributed by atoms with E-state index in [2.05, 4.69) is 5.32 Å². The van der Waals surface area contributed by atoms with Gasteiger partial charge in [-0.1, -0.05) is 6.07 Å². The summed E-state index contributed by atoms with van der Waals surface area (Å²) < 4.78 is 23.1. The van der Waals surface area contributed by atoms with E-state index in [9.17, 15) is 9.18 Å². The number of benzene rings is 1. The summed E-state index contributed by atoms with van der Waals surface area (Å²) in [6, 6.07) is 4.83. The van der Waals surface area contributed by atoms with Gasteiger partial charge in [-0.05, 0) is 30.5 Å². The third-order valence-corrected chi connectivity index (χ3v) is 3.48. The number of rotatable bonds is 6. The van der Waals surface area contributed by atoms with Crippen LogP contribution in [0.5, 0.6) is 5.75 Å². The number of carbonyl (C=O) groups is 1. The second-order valence-corrected chi connectivity index (χ2v) is 4.84. The molecule has 1 fully saturated rings. The molecule has 0 bridgehead atoms.